The van der Waals surface area contributed by atoms with E-state index < -0.39 is 9.84 Å². The van der Waals surface area contributed by atoms with E-state index in [2.05, 4.69) is 31.1 Å². The van der Waals surface area contributed by atoms with Gasteiger partial charge in [0.1, 0.15) is 0 Å². The number of fused-ring (bicyclic) bond motifs is 3. The predicted molar refractivity (Wildman–Crippen MR) is 89.9 cm³/mol. The highest BCUT2D eigenvalue weighted by Gasteiger charge is 2.30. The number of rotatable bonds is 3. The molecule has 0 fully saturated rings. The summed E-state index contributed by atoms with van der Waals surface area (Å²) < 4.78 is 24.3. The van der Waals surface area contributed by atoms with Crippen molar-refractivity contribution in [3.05, 3.63) is 23.9 Å². The van der Waals surface area contributed by atoms with E-state index in [1.165, 1.54) is 0 Å². The molecule has 1 aliphatic heterocycles. The summed E-state index contributed by atoms with van der Waals surface area (Å²) in [5.41, 5.74) is 8.96. The molecule has 22 heavy (non-hydrogen) atoms. The Hall–Kier alpha value is -1.82. The summed E-state index contributed by atoms with van der Waals surface area (Å²) in [6.07, 6.45) is 3.07. The van der Waals surface area contributed by atoms with Gasteiger partial charge in [-0.25, -0.2) is 8.42 Å². The molecule has 0 radical (unpaired) electrons. The van der Waals surface area contributed by atoms with Crippen molar-refractivity contribution >= 4 is 32.1 Å². The van der Waals surface area contributed by atoms with E-state index in [-0.39, 0.29) is 11.3 Å². The van der Waals surface area contributed by atoms with Crippen molar-refractivity contribution in [3.8, 4) is 0 Å². The third-order valence-electron chi connectivity index (χ3n) is 4.43. The fourth-order valence-corrected chi connectivity index (χ4v) is 4.35. The normalized spacial score (nSPS) is 16.7. The van der Waals surface area contributed by atoms with Crippen molar-refractivity contribution < 1.29 is 8.42 Å². The number of nitrogen functional groups attached to an aromatic ring is 1. The number of nitrogens with zero attached hydrogens (tertiary/aromatic N) is 1. The maximum absolute atomic E-state index is 12.2. The number of hydrogen-bond acceptors (Lipinski definition) is 5. The third-order valence-corrected chi connectivity index (χ3v) is 6.23. The number of anilines is 2. The molecule has 5 nitrogen and oxygen atoms in total. The first-order valence-electron chi connectivity index (χ1n) is 7.46. The van der Waals surface area contributed by atoms with Gasteiger partial charge in [0.2, 0.25) is 0 Å². The molecule has 118 valence electrons. The molecule has 1 aliphatic rings. The Labute approximate surface area is 130 Å². The lowest BCUT2D eigenvalue weighted by Crippen LogP contribution is -2.30. The summed E-state index contributed by atoms with van der Waals surface area (Å²) in [6, 6.07) is 3.43. The fourth-order valence-electron chi connectivity index (χ4n) is 2.80. The van der Waals surface area contributed by atoms with Crippen LogP contribution in [0.25, 0.3) is 10.9 Å². The van der Waals surface area contributed by atoms with Gasteiger partial charge in [-0.05, 0) is 44.4 Å². The average Bonchev–Trinajstić information content (AvgIpc) is 2.77. The Morgan fingerprint density at radius 1 is 1.36 bits per heavy atom. The molecule has 3 rings (SSSR count). The van der Waals surface area contributed by atoms with Gasteiger partial charge in [0.15, 0.2) is 9.84 Å². The highest BCUT2D eigenvalue weighted by Crippen LogP contribution is 2.39. The number of aryl methyl sites for hydroxylation is 1. The van der Waals surface area contributed by atoms with Gasteiger partial charge in [0.25, 0.3) is 0 Å². The molecular formula is C16H21N3O2S. The second-order valence-electron chi connectivity index (χ2n) is 6.46. The minimum absolute atomic E-state index is 0.136. The molecule has 0 aliphatic carbocycles. The molecule has 0 bridgehead atoms. The Morgan fingerprint density at radius 2 is 2.09 bits per heavy atom. The Bertz CT molecular complexity index is 857. The lowest BCUT2D eigenvalue weighted by molar-refractivity contribution is 0.548. The molecule has 2 aromatic rings. The number of nitrogens with one attached hydrogen (secondary N) is 1. The summed E-state index contributed by atoms with van der Waals surface area (Å²) in [5, 5.41) is 4.32. The average molecular weight is 319 g/mol. The smallest absolute Gasteiger partial charge is 0.179 e. The van der Waals surface area contributed by atoms with E-state index in [1.54, 1.807) is 18.3 Å². The quantitative estimate of drug-likeness (QED) is 0.908. The number of benzene rings is 1. The van der Waals surface area contributed by atoms with Crippen LogP contribution < -0.4 is 11.1 Å². The molecular weight excluding hydrogens is 298 g/mol. The minimum Gasteiger partial charge on any atom is -0.396 e. The molecule has 2 heterocycles. The zero-order valence-electron chi connectivity index (χ0n) is 13.1. The molecule has 1 aromatic carbocycles. The van der Waals surface area contributed by atoms with Crippen LogP contribution in [0.1, 0.15) is 32.8 Å². The van der Waals surface area contributed by atoms with E-state index in [9.17, 15) is 8.42 Å². The van der Waals surface area contributed by atoms with Crippen LogP contribution in [0.3, 0.4) is 0 Å². The van der Waals surface area contributed by atoms with Crippen LogP contribution in [0.5, 0.6) is 0 Å². The van der Waals surface area contributed by atoms with Gasteiger partial charge >= 0.3 is 0 Å². The standard InChI is InChI=1S/C16H21N3O2S/c1-4-16(2,3)19-15-11(17)9-18-12-5-6-13-10(14(12)15)7-8-22(13,20)21/h5-6,9H,4,7-8,17H2,1-3H3,(H,18,19). The van der Waals surface area contributed by atoms with Crippen molar-refractivity contribution in [1.82, 2.24) is 4.98 Å². The van der Waals surface area contributed by atoms with E-state index in [1.807, 2.05) is 0 Å². The first-order chi connectivity index (χ1) is 10.2. The monoisotopic (exact) mass is 319 g/mol. The maximum atomic E-state index is 12.2. The number of pyridine rings is 1. The maximum Gasteiger partial charge on any atom is 0.179 e. The van der Waals surface area contributed by atoms with Crippen LogP contribution in [0.4, 0.5) is 11.4 Å². The van der Waals surface area contributed by atoms with Crippen LogP contribution in [0, 0.1) is 0 Å². The lowest BCUT2D eigenvalue weighted by Gasteiger charge is -2.28. The van der Waals surface area contributed by atoms with Gasteiger partial charge in [-0.3, -0.25) is 4.98 Å². The first-order valence-corrected chi connectivity index (χ1v) is 9.11. The first kappa shape index (κ1) is 15.1. The Kier molecular flexibility index (Phi) is 3.32. The van der Waals surface area contributed by atoms with Crippen molar-refractivity contribution in [1.29, 1.82) is 0 Å². The molecule has 1 aromatic heterocycles. The molecule has 0 unspecified atom stereocenters. The Morgan fingerprint density at radius 3 is 2.77 bits per heavy atom. The van der Waals surface area contributed by atoms with Gasteiger partial charge in [-0.2, -0.15) is 0 Å². The SMILES string of the molecule is CCC(C)(C)Nc1c(N)cnc2ccc3c(c12)CCS3(=O)=O. The summed E-state index contributed by atoms with van der Waals surface area (Å²) in [5.74, 6) is 0.160. The lowest BCUT2D eigenvalue weighted by atomic mass is 9.98. The third kappa shape index (κ3) is 2.31. The number of aromatic nitrogens is 1. The summed E-state index contributed by atoms with van der Waals surface area (Å²) in [4.78, 5) is 4.78. The van der Waals surface area contributed by atoms with Crippen LogP contribution in [0.2, 0.25) is 0 Å². The molecule has 3 N–H and O–H groups in total. The molecule has 0 atom stereocenters. The van der Waals surface area contributed by atoms with E-state index in [0.717, 1.165) is 28.6 Å². The summed E-state index contributed by atoms with van der Waals surface area (Å²) in [6.45, 7) is 6.29. The predicted octanol–water partition coefficient (Wildman–Crippen LogP) is 2.75. The van der Waals surface area contributed by atoms with E-state index in [0.29, 0.717) is 17.0 Å². The van der Waals surface area contributed by atoms with Gasteiger partial charge in [0.05, 0.1) is 33.7 Å². The van der Waals surface area contributed by atoms with E-state index in [4.69, 9.17) is 5.73 Å². The van der Waals surface area contributed by atoms with Gasteiger partial charge in [-0.15, -0.1) is 0 Å². The van der Waals surface area contributed by atoms with Crippen molar-refractivity contribution in [2.24, 2.45) is 0 Å². The molecule has 6 heteroatoms. The summed E-state index contributed by atoms with van der Waals surface area (Å²) in [7, 11) is -3.17. The van der Waals surface area contributed by atoms with E-state index >= 15 is 0 Å². The van der Waals surface area contributed by atoms with Crippen LogP contribution >= 0.6 is 0 Å². The zero-order chi connectivity index (χ0) is 16.1. The number of sulfone groups is 1. The number of nitrogens with two attached hydrogens (primary N) is 1. The van der Waals surface area contributed by atoms with Gasteiger partial charge in [0, 0.05) is 10.9 Å². The molecule has 0 saturated heterocycles. The van der Waals surface area contributed by atoms with Gasteiger partial charge in [-0.1, -0.05) is 6.92 Å². The highest BCUT2D eigenvalue weighted by atomic mass is 32.2. The largest absolute Gasteiger partial charge is 0.396 e. The zero-order valence-corrected chi connectivity index (χ0v) is 13.9. The minimum atomic E-state index is -3.17. The number of hydrogen-bond donors (Lipinski definition) is 2. The molecule has 0 amide bonds. The topological polar surface area (TPSA) is 85.1 Å². The fraction of sp³-hybridized carbons (Fsp3) is 0.438. The molecule has 0 saturated carbocycles. The van der Waals surface area contributed by atoms with Crippen molar-refractivity contribution in [2.45, 2.75) is 44.0 Å². The molecule has 0 spiro atoms. The van der Waals surface area contributed by atoms with Crippen LogP contribution in [-0.2, 0) is 16.3 Å². The van der Waals surface area contributed by atoms with Crippen molar-refractivity contribution in [2.75, 3.05) is 16.8 Å². The Balaban J connectivity index is 2.32. The van der Waals surface area contributed by atoms with Crippen LogP contribution in [-0.4, -0.2) is 24.7 Å². The highest BCUT2D eigenvalue weighted by molar-refractivity contribution is 7.91. The second-order valence-corrected chi connectivity index (χ2v) is 8.53. The summed E-state index contributed by atoms with van der Waals surface area (Å²) >= 11 is 0. The second kappa shape index (κ2) is 4.84. The van der Waals surface area contributed by atoms with Crippen molar-refractivity contribution in [3.63, 3.8) is 0 Å². The van der Waals surface area contributed by atoms with Crippen LogP contribution in [0.15, 0.2) is 23.2 Å². The van der Waals surface area contributed by atoms with Gasteiger partial charge < -0.3 is 11.1 Å².